The molecule has 2 aliphatic carbocycles. The van der Waals surface area contributed by atoms with Crippen molar-refractivity contribution in [3.8, 4) is 0 Å². The number of hydrogen-bond donors (Lipinski definition) is 2. The molecule has 0 aromatic heterocycles. The summed E-state index contributed by atoms with van der Waals surface area (Å²) in [5, 5.41) is 4.02. The summed E-state index contributed by atoms with van der Waals surface area (Å²) in [6, 6.07) is 6.04. The van der Waals surface area contributed by atoms with Crippen LogP contribution in [-0.4, -0.2) is 11.4 Å². The minimum absolute atomic E-state index is 0.0746. The number of rotatable bonds is 2. The van der Waals surface area contributed by atoms with Crippen molar-refractivity contribution in [2.24, 2.45) is 11.7 Å². The molecule has 0 radical (unpaired) electrons. The SMILES string of the molecule is CC1(N)CCCCC1C(=O)NC1CCc2c(Cl)cccc21. The average Bonchev–Trinajstić information content (AvgIpc) is 2.83. The van der Waals surface area contributed by atoms with Gasteiger partial charge in [-0.15, -0.1) is 0 Å². The molecule has 0 heterocycles. The summed E-state index contributed by atoms with van der Waals surface area (Å²) in [7, 11) is 0. The van der Waals surface area contributed by atoms with Crippen molar-refractivity contribution in [3.05, 3.63) is 34.3 Å². The Balaban J connectivity index is 1.74. The van der Waals surface area contributed by atoms with Gasteiger partial charge in [0.1, 0.15) is 0 Å². The Kier molecular flexibility index (Phi) is 3.98. The van der Waals surface area contributed by atoms with E-state index in [1.54, 1.807) is 0 Å². The number of nitrogens with one attached hydrogen (secondary N) is 1. The molecule has 3 nitrogen and oxygen atoms in total. The first-order valence-electron chi connectivity index (χ1n) is 7.85. The standard InChI is InChI=1S/C17H23ClN2O/c1-17(19)10-3-2-6-13(17)16(21)20-15-9-8-11-12(15)5-4-7-14(11)18/h4-5,7,13,15H,2-3,6,8-10,19H2,1H3,(H,20,21). The maximum Gasteiger partial charge on any atom is 0.225 e. The van der Waals surface area contributed by atoms with E-state index in [2.05, 4.69) is 11.4 Å². The van der Waals surface area contributed by atoms with E-state index in [1.807, 2.05) is 19.1 Å². The molecule has 114 valence electrons. The number of fused-ring (bicyclic) bond motifs is 1. The third-order valence-corrected chi connectivity index (χ3v) is 5.45. The van der Waals surface area contributed by atoms with Crippen LogP contribution in [0.25, 0.3) is 0 Å². The van der Waals surface area contributed by atoms with E-state index in [0.717, 1.165) is 43.5 Å². The van der Waals surface area contributed by atoms with Crippen LogP contribution in [0.5, 0.6) is 0 Å². The van der Waals surface area contributed by atoms with Gasteiger partial charge in [0.2, 0.25) is 5.91 Å². The van der Waals surface area contributed by atoms with Gasteiger partial charge in [0.05, 0.1) is 12.0 Å². The minimum atomic E-state index is -0.377. The van der Waals surface area contributed by atoms with Crippen molar-refractivity contribution < 1.29 is 4.79 Å². The van der Waals surface area contributed by atoms with Crippen molar-refractivity contribution in [1.29, 1.82) is 0 Å². The molecule has 2 aliphatic rings. The highest BCUT2D eigenvalue weighted by molar-refractivity contribution is 6.31. The van der Waals surface area contributed by atoms with E-state index < -0.39 is 0 Å². The van der Waals surface area contributed by atoms with E-state index >= 15 is 0 Å². The van der Waals surface area contributed by atoms with Crippen molar-refractivity contribution in [3.63, 3.8) is 0 Å². The van der Waals surface area contributed by atoms with E-state index in [1.165, 1.54) is 11.1 Å². The third kappa shape index (κ3) is 2.82. The molecule has 1 aromatic rings. The summed E-state index contributed by atoms with van der Waals surface area (Å²) in [6.45, 7) is 2.01. The summed E-state index contributed by atoms with van der Waals surface area (Å²) in [4.78, 5) is 12.6. The predicted octanol–water partition coefficient (Wildman–Crippen LogP) is 3.35. The van der Waals surface area contributed by atoms with Gasteiger partial charge in [-0.25, -0.2) is 0 Å². The topological polar surface area (TPSA) is 55.1 Å². The molecule has 1 saturated carbocycles. The maximum atomic E-state index is 12.6. The normalized spacial score (nSPS) is 31.8. The van der Waals surface area contributed by atoms with Gasteiger partial charge in [0.25, 0.3) is 0 Å². The Bertz CT molecular complexity index is 556. The molecule has 3 atom stereocenters. The van der Waals surface area contributed by atoms with Crippen molar-refractivity contribution in [2.45, 2.75) is 57.0 Å². The molecule has 4 heteroatoms. The first-order chi connectivity index (χ1) is 9.99. The van der Waals surface area contributed by atoms with Gasteiger partial charge < -0.3 is 11.1 Å². The van der Waals surface area contributed by atoms with Gasteiger partial charge in [-0.05, 0) is 49.8 Å². The monoisotopic (exact) mass is 306 g/mol. The van der Waals surface area contributed by atoms with Crippen LogP contribution in [0.2, 0.25) is 5.02 Å². The second-order valence-electron chi connectivity index (χ2n) is 6.71. The third-order valence-electron chi connectivity index (χ3n) is 5.10. The lowest BCUT2D eigenvalue weighted by atomic mass is 9.74. The fraction of sp³-hybridized carbons (Fsp3) is 0.588. The number of nitrogens with two attached hydrogens (primary N) is 1. The van der Waals surface area contributed by atoms with Crippen LogP contribution in [0.4, 0.5) is 0 Å². The molecule has 1 fully saturated rings. The quantitative estimate of drug-likeness (QED) is 0.880. The summed E-state index contributed by atoms with van der Waals surface area (Å²) in [5.74, 6) is 0.0343. The lowest BCUT2D eigenvalue weighted by Gasteiger charge is -2.37. The van der Waals surface area contributed by atoms with E-state index in [9.17, 15) is 4.79 Å². The maximum absolute atomic E-state index is 12.6. The molecular formula is C17H23ClN2O. The van der Waals surface area contributed by atoms with Crippen LogP contribution in [0, 0.1) is 5.92 Å². The van der Waals surface area contributed by atoms with Gasteiger partial charge in [-0.2, -0.15) is 0 Å². The average molecular weight is 307 g/mol. The highest BCUT2D eigenvalue weighted by atomic mass is 35.5. The molecular weight excluding hydrogens is 284 g/mol. The summed E-state index contributed by atoms with van der Waals surface area (Å²) >= 11 is 6.23. The van der Waals surface area contributed by atoms with Gasteiger partial charge in [-0.1, -0.05) is 36.6 Å². The molecule has 0 saturated heterocycles. The number of halogens is 1. The Morgan fingerprint density at radius 1 is 1.38 bits per heavy atom. The van der Waals surface area contributed by atoms with Crippen LogP contribution in [-0.2, 0) is 11.2 Å². The van der Waals surface area contributed by atoms with Gasteiger partial charge >= 0.3 is 0 Å². The fourth-order valence-corrected chi connectivity index (χ4v) is 4.10. The zero-order chi connectivity index (χ0) is 15.0. The predicted molar refractivity (Wildman–Crippen MR) is 85.2 cm³/mol. The van der Waals surface area contributed by atoms with Gasteiger partial charge in [-0.3, -0.25) is 4.79 Å². The summed E-state index contributed by atoms with van der Waals surface area (Å²) in [5.41, 5.74) is 8.31. The summed E-state index contributed by atoms with van der Waals surface area (Å²) < 4.78 is 0. The zero-order valence-electron chi connectivity index (χ0n) is 12.5. The lowest BCUT2D eigenvalue weighted by Crippen LogP contribution is -2.53. The lowest BCUT2D eigenvalue weighted by molar-refractivity contribution is -0.128. The highest BCUT2D eigenvalue weighted by Gasteiger charge is 2.39. The van der Waals surface area contributed by atoms with Gasteiger partial charge in [0.15, 0.2) is 0 Å². The number of amides is 1. The zero-order valence-corrected chi connectivity index (χ0v) is 13.2. The second-order valence-corrected chi connectivity index (χ2v) is 7.12. The number of carbonyl (C=O) groups excluding carboxylic acids is 1. The number of benzene rings is 1. The number of carbonyl (C=O) groups is 1. The minimum Gasteiger partial charge on any atom is -0.349 e. The van der Waals surface area contributed by atoms with Gasteiger partial charge in [0, 0.05) is 10.6 Å². The summed E-state index contributed by atoms with van der Waals surface area (Å²) in [6.07, 6.45) is 5.91. The number of hydrogen-bond acceptors (Lipinski definition) is 2. The molecule has 21 heavy (non-hydrogen) atoms. The van der Waals surface area contributed by atoms with E-state index in [4.69, 9.17) is 17.3 Å². The van der Waals surface area contributed by atoms with Crippen molar-refractivity contribution >= 4 is 17.5 Å². The molecule has 1 aromatic carbocycles. The fourth-order valence-electron chi connectivity index (χ4n) is 3.82. The Hall–Kier alpha value is -1.06. The van der Waals surface area contributed by atoms with Crippen LogP contribution < -0.4 is 11.1 Å². The molecule has 0 aliphatic heterocycles. The van der Waals surface area contributed by atoms with Crippen LogP contribution in [0.15, 0.2) is 18.2 Å². The smallest absolute Gasteiger partial charge is 0.225 e. The molecule has 3 N–H and O–H groups in total. The van der Waals surface area contributed by atoms with Crippen molar-refractivity contribution in [1.82, 2.24) is 5.32 Å². The molecule has 3 rings (SSSR count). The molecule has 1 amide bonds. The van der Waals surface area contributed by atoms with Crippen molar-refractivity contribution in [2.75, 3.05) is 0 Å². The first kappa shape index (κ1) is 14.9. The largest absolute Gasteiger partial charge is 0.349 e. The molecule has 0 bridgehead atoms. The molecule has 0 spiro atoms. The Labute approximate surface area is 131 Å². The Morgan fingerprint density at radius 2 is 2.19 bits per heavy atom. The van der Waals surface area contributed by atoms with E-state index in [0.29, 0.717) is 0 Å². The highest BCUT2D eigenvalue weighted by Crippen LogP contribution is 2.37. The second kappa shape index (κ2) is 5.62. The molecule has 3 unspecified atom stereocenters. The van der Waals surface area contributed by atoms with Crippen LogP contribution >= 0.6 is 11.6 Å². The Morgan fingerprint density at radius 3 is 2.95 bits per heavy atom. The first-order valence-corrected chi connectivity index (χ1v) is 8.23. The van der Waals surface area contributed by atoms with Crippen LogP contribution in [0.1, 0.15) is 56.2 Å². The van der Waals surface area contributed by atoms with Crippen LogP contribution in [0.3, 0.4) is 0 Å². The van der Waals surface area contributed by atoms with E-state index in [-0.39, 0.29) is 23.4 Å².